The van der Waals surface area contributed by atoms with Crippen molar-refractivity contribution in [1.82, 2.24) is 20.0 Å². The predicted molar refractivity (Wildman–Crippen MR) is 101 cm³/mol. The van der Waals surface area contributed by atoms with Crippen molar-refractivity contribution in [2.45, 2.75) is 32.9 Å². The molecule has 1 saturated heterocycles. The van der Waals surface area contributed by atoms with Gasteiger partial charge in [0.05, 0.1) is 19.1 Å². The van der Waals surface area contributed by atoms with Gasteiger partial charge in [0.15, 0.2) is 0 Å². The highest BCUT2D eigenvalue weighted by molar-refractivity contribution is 5.76. The number of benzene rings is 1. The average Bonchev–Trinajstić information content (AvgIpc) is 3.20. The number of carbonyl (C=O) groups excluding carboxylic acids is 2. The summed E-state index contributed by atoms with van der Waals surface area (Å²) in [5, 5.41) is 7.15. The van der Waals surface area contributed by atoms with E-state index >= 15 is 0 Å². The first-order valence-corrected chi connectivity index (χ1v) is 9.40. The summed E-state index contributed by atoms with van der Waals surface area (Å²) < 4.78 is 6.93. The third kappa shape index (κ3) is 5.32. The molecule has 1 aliphatic heterocycles. The normalized spacial score (nSPS) is 14.8. The number of hydrogen-bond donors (Lipinski definition) is 1. The summed E-state index contributed by atoms with van der Waals surface area (Å²) in [6.45, 7) is 4.59. The van der Waals surface area contributed by atoms with Gasteiger partial charge in [-0.2, -0.15) is 5.10 Å². The molecule has 2 heterocycles. The molecule has 7 heteroatoms. The van der Waals surface area contributed by atoms with E-state index in [2.05, 4.69) is 10.4 Å². The highest BCUT2D eigenvalue weighted by atomic mass is 16.5. The van der Waals surface area contributed by atoms with Gasteiger partial charge < -0.3 is 15.0 Å². The van der Waals surface area contributed by atoms with E-state index in [9.17, 15) is 9.59 Å². The van der Waals surface area contributed by atoms with Crippen LogP contribution in [0.4, 0.5) is 4.79 Å². The lowest BCUT2D eigenvalue weighted by Gasteiger charge is -2.30. The first-order valence-electron chi connectivity index (χ1n) is 9.40. The van der Waals surface area contributed by atoms with Crippen LogP contribution >= 0.6 is 0 Å². The molecule has 27 heavy (non-hydrogen) atoms. The molecule has 0 spiro atoms. The number of ether oxygens (including phenoxy) is 1. The minimum Gasteiger partial charge on any atom is -0.466 e. The summed E-state index contributed by atoms with van der Waals surface area (Å²) in [6.07, 6.45) is 5.02. The maximum atomic E-state index is 12.3. The molecule has 0 unspecified atom stereocenters. The Morgan fingerprint density at radius 1 is 1.19 bits per heavy atom. The number of rotatable bonds is 6. The largest absolute Gasteiger partial charge is 0.466 e. The fourth-order valence-electron chi connectivity index (χ4n) is 3.21. The Balaban J connectivity index is 1.42. The van der Waals surface area contributed by atoms with Crippen LogP contribution < -0.4 is 5.32 Å². The van der Waals surface area contributed by atoms with Crippen molar-refractivity contribution in [2.24, 2.45) is 5.92 Å². The Kier molecular flexibility index (Phi) is 6.46. The van der Waals surface area contributed by atoms with Gasteiger partial charge in [0.2, 0.25) is 0 Å². The Morgan fingerprint density at radius 2 is 1.89 bits per heavy atom. The van der Waals surface area contributed by atoms with E-state index in [0.29, 0.717) is 39.1 Å². The third-order valence-corrected chi connectivity index (χ3v) is 4.77. The van der Waals surface area contributed by atoms with Gasteiger partial charge in [0, 0.05) is 32.0 Å². The topological polar surface area (TPSA) is 76.5 Å². The number of likely N-dealkylation sites (tertiary alicyclic amines) is 1. The zero-order chi connectivity index (χ0) is 19.1. The van der Waals surface area contributed by atoms with Gasteiger partial charge in [-0.05, 0) is 37.0 Å². The van der Waals surface area contributed by atoms with Gasteiger partial charge >= 0.3 is 12.0 Å². The van der Waals surface area contributed by atoms with Crippen LogP contribution in [0, 0.1) is 5.92 Å². The second-order valence-electron chi connectivity index (χ2n) is 6.69. The molecule has 7 nitrogen and oxygen atoms in total. The number of piperidine rings is 1. The SMILES string of the molecule is CCOC(=O)C1CCN(C(=O)NCc2ccc(Cn3cccn3)cc2)CC1. The number of urea groups is 1. The Labute approximate surface area is 159 Å². The molecule has 2 amide bonds. The number of hydrogen-bond acceptors (Lipinski definition) is 4. The molecule has 0 radical (unpaired) electrons. The zero-order valence-electron chi connectivity index (χ0n) is 15.6. The van der Waals surface area contributed by atoms with Crippen molar-refractivity contribution in [2.75, 3.05) is 19.7 Å². The van der Waals surface area contributed by atoms with Crippen molar-refractivity contribution >= 4 is 12.0 Å². The van der Waals surface area contributed by atoms with Gasteiger partial charge in [-0.15, -0.1) is 0 Å². The van der Waals surface area contributed by atoms with E-state index in [0.717, 1.165) is 17.7 Å². The molecule has 0 atom stereocenters. The van der Waals surface area contributed by atoms with Gasteiger partial charge in [0.25, 0.3) is 0 Å². The second kappa shape index (κ2) is 9.21. The van der Waals surface area contributed by atoms with E-state index in [1.54, 1.807) is 11.1 Å². The lowest BCUT2D eigenvalue weighted by molar-refractivity contribution is -0.149. The lowest BCUT2D eigenvalue weighted by Crippen LogP contribution is -2.45. The fraction of sp³-hybridized carbons (Fsp3) is 0.450. The third-order valence-electron chi connectivity index (χ3n) is 4.77. The molecule has 0 aliphatic carbocycles. The predicted octanol–water partition coefficient (Wildman–Crippen LogP) is 2.42. The quantitative estimate of drug-likeness (QED) is 0.793. The molecule has 1 aliphatic rings. The number of carbonyl (C=O) groups is 2. The van der Waals surface area contributed by atoms with E-state index in [1.165, 1.54) is 0 Å². The summed E-state index contributed by atoms with van der Waals surface area (Å²) in [4.78, 5) is 25.9. The van der Waals surface area contributed by atoms with Gasteiger partial charge in [-0.1, -0.05) is 24.3 Å². The van der Waals surface area contributed by atoms with E-state index in [-0.39, 0.29) is 17.9 Å². The molecule has 0 saturated carbocycles. The summed E-state index contributed by atoms with van der Waals surface area (Å²) >= 11 is 0. The summed E-state index contributed by atoms with van der Waals surface area (Å²) in [7, 11) is 0. The smallest absolute Gasteiger partial charge is 0.317 e. The van der Waals surface area contributed by atoms with Crippen molar-refractivity contribution in [3.63, 3.8) is 0 Å². The van der Waals surface area contributed by atoms with Crippen molar-refractivity contribution in [3.05, 3.63) is 53.9 Å². The van der Waals surface area contributed by atoms with Crippen LogP contribution in [0.25, 0.3) is 0 Å². The molecule has 3 rings (SSSR count). The first-order chi connectivity index (χ1) is 13.2. The molecule has 0 bridgehead atoms. The van der Waals surface area contributed by atoms with Crippen LogP contribution in [0.1, 0.15) is 30.9 Å². The zero-order valence-corrected chi connectivity index (χ0v) is 15.6. The lowest BCUT2D eigenvalue weighted by atomic mass is 9.97. The molecular weight excluding hydrogens is 344 g/mol. The summed E-state index contributed by atoms with van der Waals surface area (Å²) in [6, 6.07) is 9.96. The van der Waals surface area contributed by atoms with Crippen molar-refractivity contribution in [3.8, 4) is 0 Å². The molecule has 2 aromatic rings. The Morgan fingerprint density at radius 3 is 2.52 bits per heavy atom. The Hall–Kier alpha value is -2.83. The summed E-state index contributed by atoms with van der Waals surface area (Å²) in [5.41, 5.74) is 2.21. The van der Waals surface area contributed by atoms with E-state index in [4.69, 9.17) is 4.74 Å². The van der Waals surface area contributed by atoms with Crippen molar-refractivity contribution < 1.29 is 14.3 Å². The minimum absolute atomic E-state index is 0.0853. The van der Waals surface area contributed by atoms with Crippen LogP contribution in [-0.4, -0.2) is 46.4 Å². The van der Waals surface area contributed by atoms with Crippen LogP contribution in [0.3, 0.4) is 0 Å². The van der Waals surface area contributed by atoms with Gasteiger partial charge in [-0.25, -0.2) is 4.79 Å². The molecule has 1 aromatic heterocycles. The number of aromatic nitrogens is 2. The maximum absolute atomic E-state index is 12.3. The average molecular weight is 370 g/mol. The molecule has 1 N–H and O–H groups in total. The highest BCUT2D eigenvalue weighted by Crippen LogP contribution is 2.18. The number of nitrogens with one attached hydrogen (secondary N) is 1. The first kappa shape index (κ1) is 18.9. The fourth-order valence-corrected chi connectivity index (χ4v) is 3.21. The maximum Gasteiger partial charge on any atom is 0.317 e. The van der Waals surface area contributed by atoms with Crippen LogP contribution in [0.15, 0.2) is 42.7 Å². The second-order valence-corrected chi connectivity index (χ2v) is 6.69. The molecule has 1 aromatic carbocycles. The minimum atomic E-state index is -0.146. The number of amides is 2. The van der Waals surface area contributed by atoms with E-state index < -0.39 is 0 Å². The Bertz CT molecular complexity index is 735. The standard InChI is InChI=1S/C20H26N4O3/c1-2-27-19(25)18-8-12-23(13-9-18)20(26)21-14-16-4-6-17(7-5-16)15-24-11-3-10-22-24/h3-7,10-11,18H,2,8-9,12-15H2,1H3,(H,21,26). The number of esters is 1. The highest BCUT2D eigenvalue weighted by Gasteiger charge is 2.27. The van der Waals surface area contributed by atoms with Crippen LogP contribution in [0.5, 0.6) is 0 Å². The van der Waals surface area contributed by atoms with Gasteiger partial charge in [-0.3, -0.25) is 9.48 Å². The molecular formula is C20H26N4O3. The van der Waals surface area contributed by atoms with Gasteiger partial charge in [0.1, 0.15) is 0 Å². The summed E-state index contributed by atoms with van der Waals surface area (Å²) in [5.74, 6) is -0.232. The molecule has 1 fully saturated rings. The van der Waals surface area contributed by atoms with E-state index in [1.807, 2.05) is 48.1 Å². The monoisotopic (exact) mass is 370 g/mol. The van der Waals surface area contributed by atoms with Crippen LogP contribution in [-0.2, 0) is 22.6 Å². The molecule has 144 valence electrons. The number of nitrogens with zero attached hydrogens (tertiary/aromatic N) is 3. The van der Waals surface area contributed by atoms with Crippen LogP contribution in [0.2, 0.25) is 0 Å². The van der Waals surface area contributed by atoms with Crippen molar-refractivity contribution in [1.29, 1.82) is 0 Å².